The number of hydrogen-bond acceptors (Lipinski definition) is 6. The molecule has 0 unspecified atom stereocenters. The number of aryl methyl sites for hydroxylation is 1. The third-order valence-electron chi connectivity index (χ3n) is 4.90. The molecular formula is C23H22N4O3S. The van der Waals surface area contributed by atoms with Crippen LogP contribution >= 0.6 is 11.3 Å². The molecule has 2 heterocycles. The molecule has 0 bridgehead atoms. The Morgan fingerprint density at radius 3 is 2.52 bits per heavy atom. The normalized spacial score (nSPS) is 10.9. The first-order valence-electron chi connectivity index (χ1n) is 9.83. The lowest BCUT2D eigenvalue weighted by atomic mass is 10.1. The van der Waals surface area contributed by atoms with Crippen molar-refractivity contribution in [2.75, 3.05) is 7.11 Å². The van der Waals surface area contributed by atoms with Gasteiger partial charge in [-0.2, -0.15) is 10.1 Å². The molecule has 8 heteroatoms. The molecule has 4 rings (SSSR count). The zero-order chi connectivity index (χ0) is 21.8. The van der Waals surface area contributed by atoms with E-state index in [9.17, 15) is 9.59 Å². The zero-order valence-corrected chi connectivity index (χ0v) is 18.1. The number of carbonyl (C=O) groups is 1. The molecule has 0 fully saturated rings. The number of nitrogens with one attached hydrogen (secondary N) is 1. The van der Waals surface area contributed by atoms with Crippen LogP contribution in [0.3, 0.4) is 0 Å². The van der Waals surface area contributed by atoms with Gasteiger partial charge in [0, 0.05) is 18.3 Å². The van der Waals surface area contributed by atoms with Crippen LogP contribution in [0.15, 0.2) is 58.7 Å². The van der Waals surface area contributed by atoms with Crippen LogP contribution in [-0.2, 0) is 24.2 Å². The Kier molecular flexibility index (Phi) is 6.08. The van der Waals surface area contributed by atoms with Crippen molar-refractivity contribution in [2.45, 2.75) is 26.3 Å². The first-order valence-corrected chi connectivity index (χ1v) is 10.7. The molecule has 1 N–H and O–H groups in total. The van der Waals surface area contributed by atoms with Crippen LogP contribution in [0.1, 0.15) is 28.1 Å². The Morgan fingerprint density at radius 1 is 1.10 bits per heavy atom. The summed E-state index contributed by atoms with van der Waals surface area (Å²) >= 11 is 1.30. The fourth-order valence-electron chi connectivity index (χ4n) is 3.14. The van der Waals surface area contributed by atoms with Crippen LogP contribution in [0.4, 0.5) is 0 Å². The summed E-state index contributed by atoms with van der Waals surface area (Å²) in [5.74, 6) is 0.635. The van der Waals surface area contributed by atoms with E-state index in [0.29, 0.717) is 29.3 Å². The van der Waals surface area contributed by atoms with Crippen molar-refractivity contribution in [1.82, 2.24) is 19.9 Å². The molecule has 0 saturated heterocycles. The third-order valence-corrected chi connectivity index (χ3v) is 5.77. The van der Waals surface area contributed by atoms with Crippen LogP contribution in [0.2, 0.25) is 0 Å². The van der Waals surface area contributed by atoms with Crippen LogP contribution < -0.4 is 15.6 Å². The van der Waals surface area contributed by atoms with Gasteiger partial charge in [0.1, 0.15) is 11.4 Å². The number of benzene rings is 2. The van der Waals surface area contributed by atoms with E-state index in [0.717, 1.165) is 16.9 Å². The average molecular weight is 435 g/mol. The SMILES string of the molecule is COc1ccc(Cc2nn3c(CC(=O)NCc4ccc(C)cc4)csc3nc2=O)cc1. The quantitative estimate of drug-likeness (QED) is 0.483. The van der Waals surface area contributed by atoms with E-state index in [-0.39, 0.29) is 17.9 Å². The number of methoxy groups -OCH3 is 1. The van der Waals surface area contributed by atoms with E-state index >= 15 is 0 Å². The Bertz CT molecular complexity index is 1260. The van der Waals surface area contributed by atoms with Crippen molar-refractivity contribution >= 4 is 22.2 Å². The lowest BCUT2D eigenvalue weighted by Gasteiger charge is -2.07. The number of hydrogen-bond donors (Lipinski definition) is 1. The van der Waals surface area contributed by atoms with Gasteiger partial charge in [0.15, 0.2) is 0 Å². The molecule has 0 atom stereocenters. The van der Waals surface area contributed by atoms with Gasteiger partial charge in [0.05, 0.1) is 19.2 Å². The molecule has 2 aromatic heterocycles. The molecule has 0 aliphatic rings. The van der Waals surface area contributed by atoms with Crippen molar-refractivity contribution < 1.29 is 9.53 Å². The Hall–Kier alpha value is -3.52. The van der Waals surface area contributed by atoms with Gasteiger partial charge in [-0.3, -0.25) is 9.59 Å². The topological polar surface area (TPSA) is 85.6 Å². The molecule has 0 saturated carbocycles. The highest BCUT2D eigenvalue weighted by atomic mass is 32.1. The molecule has 31 heavy (non-hydrogen) atoms. The molecule has 158 valence electrons. The maximum Gasteiger partial charge on any atom is 0.296 e. The van der Waals surface area contributed by atoms with E-state index in [1.54, 1.807) is 11.6 Å². The predicted molar refractivity (Wildman–Crippen MR) is 120 cm³/mol. The van der Waals surface area contributed by atoms with E-state index in [4.69, 9.17) is 4.74 Å². The van der Waals surface area contributed by atoms with Gasteiger partial charge in [-0.25, -0.2) is 4.52 Å². The second-order valence-electron chi connectivity index (χ2n) is 7.25. The van der Waals surface area contributed by atoms with Gasteiger partial charge < -0.3 is 10.1 Å². The summed E-state index contributed by atoms with van der Waals surface area (Å²) < 4.78 is 6.76. The number of amides is 1. The number of thiazole rings is 1. The number of carbonyl (C=O) groups excluding carboxylic acids is 1. The first kappa shape index (κ1) is 20.7. The van der Waals surface area contributed by atoms with Crippen molar-refractivity contribution in [2.24, 2.45) is 0 Å². The van der Waals surface area contributed by atoms with Crippen molar-refractivity contribution in [1.29, 1.82) is 0 Å². The fourth-order valence-corrected chi connectivity index (χ4v) is 3.96. The summed E-state index contributed by atoms with van der Waals surface area (Å²) in [6.45, 7) is 2.49. The van der Waals surface area contributed by atoms with Crippen LogP contribution in [0.25, 0.3) is 4.96 Å². The van der Waals surface area contributed by atoms with Crippen LogP contribution in [0, 0.1) is 6.92 Å². The predicted octanol–water partition coefficient (Wildman–Crippen LogP) is 2.92. The van der Waals surface area contributed by atoms with E-state index in [1.807, 2.05) is 60.8 Å². The van der Waals surface area contributed by atoms with Gasteiger partial charge in [-0.05, 0) is 30.2 Å². The maximum absolute atomic E-state index is 12.5. The van der Waals surface area contributed by atoms with E-state index in [1.165, 1.54) is 16.9 Å². The smallest absolute Gasteiger partial charge is 0.296 e. The molecule has 1 amide bonds. The number of ether oxygens (including phenoxy) is 1. The summed E-state index contributed by atoms with van der Waals surface area (Å²) in [5, 5.41) is 9.24. The van der Waals surface area contributed by atoms with Gasteiger partial charge in [-0.15, -0.1) is 11.3 Å². The Labute approximate surface area is 183 Å². The summed E-state index contributed by atoms with van der Waals surface area (Å²) in [6.07, 6.45) is 0.513. The highest BCUT2D eigenvalue weighted by Crippen LogP contribution is 2.15. The van der Waals surface area contributed by atoms with Gasteiger partial charge >= 0.3 is 0 Å². The highest BCUT2D eigenvalue weighted by Gasteiger charge is 2.14. The zero-order valence-electron chi connectivity index (χ0n) is 17.3. The second-order valence-corrected chi connectivity index (χ2v) is 8.09. The second kappa shape index (κ2) is 9.09. The number of fused-ring (bicyclic) bond motifs is 1. The molecular weight excluding hydrogens is 412 g/mol. The lowest BCUT2D eigenvalue weighted by Crippen LogP contribution is -2.26. The molecule has 0 spiro atoms. The van der Waals surface area contributed by atoms with Crippen molar-refractivity contribution in [3.05, 3.63) is 92.3 Å². The molecule has 0 radical (unpaired) electrons. The van der Waals surface area contributed by atoms with Crippen molar-refractivity contribution in [3.63, 3.8) is 0 Å². The van der Waals surface area contributed by atoms with Gasteiger partial charge in [0.25, 0.3) is 5.56 Å². The molecule has 0 aliphatic heterocycles. The lowest BCUT2D eigenvalue weighted by molar-refractivity contribution is -0.120. The van der Waals surface area contributed by atoms with Crippen LogP contribution in [-0.4, -0.2) is 27.6 Å². The van der Waals surface area contributed by atoms with Gasteiger partial charge in [-0.1, -0.05) is 42.0 Å². The minimum Gasteiger partial charge on any atom is -0.497 e. The van der Waals surface area contributed by atoms with E-state index in [2.05, 4.69) is 15.4 Å². The minimum atomic E-state index is -0.354. The number of nitrogens with zero attached hydrogens (tertiary/aromatic N) is 3. The Balaban J connectivity index is 1.49. The first-order chi connectivity index (χ1) is 15.0. The summed E-state index contributed by atoms with van der Waals surface area (Å²) in [5.41, 5.74) is 3.83. The standard InChI is InChI=1S/C23H22N4O3S/c1-15-3-5-17(6-4-15)13-24-21(28)12-18-14-31-23-25-22(29)20(26-27(18)23)11-16-7-9-19(30-2)10-8-16/h3-10,14H,11-13H2,1-2H3,(H,24,28). The van der Waals surface area contributed by atoms with Crippen LogP contribution in [0.5, 0.6) is 5.75 Å². The monoisotopic (exact) mass is 434 g/mol. The fraction of sp³-hybridized carbons (Fsp3) is 0.217. The maximum atomic E-state index is 12.5. The summed E-state index contributed by atoms with van der Waals surface area (Å²) in [7, 11) is 1.61. The molecule has 4 aromatic rings. The minimum absolute atomic E-state index is 0.113. The number of aromatic nitrogens is 3. The summed E-state index contributed by atoms with van der Waals surface area (Å²) in [6, 6.07) is 15.5. The van der Waals surface area contributed by atoms with Crippen molar-refractivity contribution in [3.8, 4) is 5.75 Å². The van der Waals surface area contributed by atoms with Gasteiger partial charge in [0.2, 0.25) is 10.9 Å². The Morgan fingerprint density at radius 2 is 1.81 bits per heavy atom. The number of rotatable bonds is 7. The third kappa shape index (κ3) is 4.97. The highest BCUT2D eigenvalue weighted by molar-refractivity contribution is 7.15. The molecule has 2 aromatic carbocycles. The molecule has 7 nitrogen and oxygen atoms in total. The molecule has 0 aliphatic carbocycles. The average Bonchev–Trinajstić information content (AvgIpc) is 3.15. The van der Waals surface area contributed by atoms with E-state index < -0.39 is 0 Å². The largest absolute Gasteiger partial charge is 0.497 e. The summed E-state index contributed by atoms with van der Waals surface area (Å²) in [4.78, 5) is 29.5.